The highest BCUT2D eigenvalue weighted by Gasteiger charge is 2.09. The Morgan fingerprint density at radius 1 is 1.16 bits per heavy atom. The number of carbonyl (C=O) groups excluding carboxylic acids is 1. The number of tetrazole rings is 1. The molecule has 8 heteroatoms. The van der Waals surface area contributed by atoms with Gasteiger partial charge in [0.25, 0.3) is 0 Å². The molecule has 0 bridgehead atoms. The summed E-state index contributed by atoms with van der Waals surface area (Å²) in [6.45, 7) is 2.48. The number of nitrogens with zero attached hydrogens (tertiary/aromatic N) is 4. The van der Waals surface area contributed by atoms with Gasteiger partial charge in [-0.05, 0) is 60.7 Å². The number of amides is 1. The average molecular weight is 338 g/mol. The molecule has 8 nitrogen and oxygen atoms in total. The van der Waals surface area contributed by atoms with Gasteiger partial charge in [0, 0.05) is 16.9 Å². The molecule has 0 aliphatic heterocycles. The lowest BCUT2D eigenvalue weighted by atomic mass is 10.2. The number of benzene rings is 2. The van der Waals surface area contributed by atoms with Crippen LogP contribution < -0.4 is 15.8 Å². The van der Waals surface area contributed by atoms with Crippen molar-refractivity contribution < 1.29 is 9.53 Å². The van der Waals surface area contributed by atoms with Crippen LogP contribution in [0.25, 0.3) is 11.4 Å². The smallest absolute Gasteiger partial charge is 0.248 e. The third-order valence-electron chi connectivity index (χ3n) is 3.36. The monoisotopic (exact) mass is 338 g/mol. The number of hydrogen-bond donors (Lipinski definition) is 2. The molecule has 0 aliphatic rings. The molecule has 2 aromatic carbocycles. The maximum absolute atomic E-state index is 12.1. The van der Waals surface area contributed by atoms with Crippen molar-refractivity contribution in [1.82, 2.24) is 20.2 Å². The van der Waals surface area contributed by atoms with Gasteiger partial charge in [0.15, 0.2) is 0 Å². The Bertz CT molecular complexity index is 842. The number of nitrogen functional groups attached to an aromatic ring is 1. The highest BCUT2D eigenvalue weighted by Crippen LogP contribution is 2.16. The fraction of sp³-hybridized carbons (Fsp3) is 0.176. The summed E-state index contributed by atoms with van der Waals surface area (Å²) in [6, 6.07) is 14.3. The number of anilines is 2. The lowest BCUT2D eigenvalue weighted by Crippen LogP contribution is -2.20. The van der Waals surface area contributed by atoms with Crippen LogP contribution in [0.2, 0.25) is 0 Å². The molecule has 0 radical (unpaired) electrons. The zero-order valence-electron chi connectivity index (χ0n) is 13.7. The summed E-state index contributed by atoms with van der Waals surface area (Å²) in [4.78, 5) is 13.3. The maximum atomic E-state index is 12.1. The van der Waals surface area contributed by atoms with Gasteiger partial charge in [0.1, 0.15) is 12.3 Å². The minimum Gasteiger partial charge on any atom is -0.494 e. The molecule has 1 amide bonds. The average Bonchev–Trinajstić information content (AvgIpc) is 3.06. The Kier molecular flexibility index (Phi) is 4.89. The number of carbonyl (C=O) groups is 1. The zero-order chi connectivity index (χ0) is 17.6. The van der Waals surface area contributed by atoms with Gasteiger partial charge in [-0.25, -0.2) is 0 Å². The van der Waals surface area contributed by atoms with E-state index in [4.69, 9.17) is 10.5 Å². The van der Waals surface area contributed by atoms with Gasteiger partial charge in [-0.15, -0.1) is 10.2 Å². The molecule has 3 N–H and O–H groups in total. The summed E-state index contributed by atoms with van der Waals surface area (Å²) in [5.41, 5.74) is 7.77. The van der Waals surface area contributed by atoms with Crippen LogP contribution in [0.4, 0.5) is 11.4 Å². The lowest BCUT2D eigenvalue weighted by Gasteiger charge is -2.06. The van der Waals surface area contributed by atoms with Gasteiger partial charge < -0.3 is 15.8 Å². The highest BCUT2D eigenvalue weighted by atomic mass is 16.5. The van der Waals surface area contributed by atoms with E-state index in [9.17, 15) is 4.79 Å². The third kappa shape index (κ3) is 4.31. The van der Waals surface area contributed by atoms with Gasteiger partial charge >= 0.3 is 0 Å². The van der Waals surface area contributed by atoms with E-state index < -0.39 is 0 Å². The second-order valence-corrected chi connectivity index (χ2v) is 5.27. The van der Waals surface area contributed by atoms with E-state index in [1.807, 2.05) is 6.92 Å². The summed E-state index contributed by atoms with van der Waals surface area (Å²) >= 11 is 0. The Morgan fingerprint density at radius 3 is 2.56 bits per heavy atom. The van der Waals surface area contributed by atoms with Crippen LogP contribution in [0.3, 0.4) is 0 Å². The van der Waals surface area contributed by atoms with E-state index in [0.29, 0.717) is 23.8 Å². The Labute approximate surface area is 144 Å². The molecule has 25 heavy (non-hydrogen) atoms. The molecule has 128 valence electrons. The van der Waals surface area contributed by atoms with E-state index in [1.165, 1.54) is 4.80 Å². The summed E-state index contributed by atoms with van der Waals surface area (Å²) in [5.74, 6) is 0.950. The SMILES string of the molecule is CCOc1ccc(NC(=O)Cn2nnc(-c3ccc(N)cc3)n2)cc1. The first kappa shape index (κ1) is 16.4. The molecule has 0 unspecified atom stereocenters. The van der Waals surface area contributed by atoms with Crippen LogP contribution in [0.15, 0.2) is 48.5 Å². The number of rotatable bonds is 6. The van der Waals surface area contributed by atoms with Crippen molar-refractivity contribution in [2.24, 2.45) is 0 Å². The fourth-order valence-electron chi connectivity index (χ4n) is 2.19. The molecular formula is C17H18N6O2. The fourth-order valence-corrected chi connectivity index (χ4v) is 2.19. The first-order chi connectivity index (χ1) is 12.1. The van der Waals surface area contributed by atoms with Crippen molar-refractivity contribution in [3.63, 3.8) is 0 Å². The zero-order valence-corrected chi connectivity index (χ0v) is 13.7. The van der Waals surface area contributed by atoms with Gasteiger partial charge in [0.2, 0.25) is 11.7 Å². The molecule has 0 spiro atoms. The van der Waals surface area contributed by atoms with Crippen LogP contribution in [0.5, 0.6) is 5.75 Å². The highest BCUT2D eigenvalue weighted by molar-refractivity contribution is 5.90. The van der Waals surface area contributed by atoms with Crippen LogP contribution in [-0.4, -0.2) is 32.7 Å². The first-order valence-electron chi connectivity index (χ1n) is 7.80. The van der Waals surface area contributed by atoms with Gasteiger partial charge in [-0.3, -0.25) is 4.79 Å². The van der Waals surface area contributed by atoms with E-state index in [0.717, 1.165) is 11.3 Å². The first-order valence-corrected chi connectivity index (χ1v) is 7.80. The molecule has 1 heterocycles. The Hall–Kier alpha value is -3.42. The van der Waals surface area contributed by atoms with Gasteiger partial charge in [-0.1, -0.05) is 0 Å². The van der Waals surface area contributed by atoms with Gasteiger partial charge in [-0.2, -0.15) is 4.80 Å². The number of aromatic nitrogens is 4. The molecular weight excluding hydrogens is 320 g/mol. The van der Waals surface area contributed by atoms with Crippen molar-refractivity contribution in [3.05, 3.63) is 48.5 Å². The standard InChI is InChI=1S/C17H18N6O2/c1-2-25-15-9-7-14(8-10-15)19-16(24)11-23-21-17(20-22-23)12-3-5-13(18)6-4-12/h3-10H,2,11,18H2,1H3,(H,19,24). The normalized spacial score (nSPS) is 10.4. The van der Waals surface area contributed by atoms with Crippen molar-refractivity contribution in [3.8, 4) is 17.1 Å². The largest absolute Gasteiger partial charge is 0.494 e. The molecule has 0 saturated heterocycles. The maximum Gasteiger partial charge on any atom is 0.248 e. The van der Waals surface area contributed by atoms with E-state index in [-0.39, 0.29) is 12.5 Å². The molecule has 0 atom stereocenters. The second-order valence-electron chi connectivity index (χ2n) is 5.27. The summed E-state index contributed by atoms with van der Waals surface area (Å²) in [5, 5.41) is 14.8. The predicted molar refractivity (Wildman–Crippen MR) is 93.9 cm³/mol. The Morgan fingerprint density at radius 2 is 1.88 bits per heavy atom. The van der Waals surface area contributed by atoms with Crippen LogP contribution in [0, 0.1) is 0 Å². The minimum atomic E-state index is -0.245. The van der Waals surface area contributed by atoms with Crippen LogP contribution >= 0.6 is 0 Å². The molecule has 3 aromatic rings. The number of nitrogens with one attached hydrogen (secondary N) is 1. The second kappa shape index (κ2) is 7.43. The van der Waals surface area contributed by atoms with Crippen molar-refractivity contribution in [2.75, 3.05) is 17.7 Å². The van der Waals surface area contributed by atoms with Crippen molar-refractivity contribution >= 4 is 17.3 Å². The van der Waals surface area contributed by atoms with E-state index in [2.05, 4.69) is 20.7 Å². The number of hydrogen-bond acceptors (Lipinski definition) is 6. The number of nitrogens with two attached hydrogens (primary N) is 1. The van der Waals surface area contributed by atoms with Crippen LogP contribution in [-0.2, 0) is 11.3 Å². The summed E-state index contributed by atoms with van der Waals surface area (Å²) in [7, 11) is 0. The lowest BCUT2D eigenvalue weighted by molar-refractivity contribution is -0.117. The van der Waals surface area contributed by atoms with Crippen molar-refractivity contribution in [2.45, 2.75) is 13.5 Å². The molecule has 0 fully saturated rings. The summed E-state index contributed by atoms with van der Waals surface area (Å²) < 4.78 is 5.36. The van der Waals surface area contributed by atoms with E-state index >= 15 is 0 Å². The van der Waals surface area contributed by atoms with Crippen LogP contribution in [0.1, 0.15) is 6.92 Å². The van der Waals surface area contributed by atoms with Gasteiger partial charge in [0.05, 0.1) is 6.61 Å². The quantitative estimate of drug-likeness (QED) is 0.665. The summed E-state index contributed by atoms with van der Waals surface area (Å²) in [6.07, 6.45) is 0. The van der Waals surface area contributed by atoms with Crippen molar-refractivity contribution in [1.29, 1.82) is 0 Å². The number of ether oxygens (including phenoxy) is 1. The third-order valence-corrected chi connectivity index (χ3v) is 3.36. The Balaban J connectivity index is 1.60. The molecule has 0 saturated carbocycles. The molecule has 3 rings (SSSR count). The van der Waals surface area contributed by atoms with E-state index in [1.54, 1.807) is 48.5 Å². The topological polar surface area (TPSA) is 108 Å². The molecule has 0 aliphatic carbocycles. The predicted octanol–water partition coefficient (Wildman–Crippen LogP) is 1.96. The molecule has 1 aromatic heterocycles. The minimum absolute atomic E-state index is 0.0326.